The first-order valence-electron chi connectivity index (χ1n) is 10.2. The van der Waals surface area contributed by atoms with Crippen LogP contribution in [0.4, 0.5) is 0 Å². The van der Waals surface area contributed by atoms with Crippen molar-refractivity contribution in [1.82, 2.24) is 15.2 Å². The van der Waals surface area contributed by atoms with Gasteiger partial charge in [0, 0.05) is 38.9 Å². The zero-order chi connectivity index (χ0) is 22.3. The van der Waals surface area contributed by atoms with Crippen molar-refractivity contribution in [3.05, 3.63) is 54.2 Å². The van der Waals surface area contributed by atoms with Gasteiger partial charge < -0.3 is 19.7 Å². The van der Waals surface area contributed by atoms with Gasteiger partial charge in [0.2, 0.25) is 5.88 Å². The molecule has 1 N–H and O–H groups in total. The summed E-state index contributed by atoms with van der Waals surface area (Å²) < 4.78 is 34.9. The summed E-state index contributed by atoms with van der Waals surface area (Å²) in [4.78, 5) is 10.6. The maximum absolute atomic E-state index is 12.2. The average Bonchev–Trinajstić information content (AvgIpc) is 2.76. The van der Waals surface area contributed by atoms with Crippen LogP contribution in [-0.4, -0.2) is 68.1 Å². The van der Waals surface area contributed by atoms with Crippen molar-refractivity contribution < 1.29 is 17.9 Å². The zero-order valence-corrected chi connectivity index (χ0v) is 19.1. The Kier molecular flexibility index (Phi) is 7.37. The van der Waals surface area contributed by atoms with Crippen LogP contribution in [0, 0.1) is 0 Å². The van der Waals surface area contributed by atoms with Gasteiger partial charge in [-0.05, 0) is 31.5 Å². The maximum atomic E-state index is 12.2. The highest BCUT2D eigenvalue weighted by atomic mass is 32.2. The summed E-state index contributed by atoms with van der Waals surface area (Å²) in [7, 11) is -1.39. The number of aromatic nitrogens is 1. The number of sulfone groups is 1. The smallest absolute Gasteiger partial charge is 0.213 e. The summed E-state index contributed by atoms with van der Waals surface area (Å²) >= 11 is 0. The highest BCUT2D eigenvalue weighted by molar-refractivity contribution is 7.92. The summed E-state index contributed by atoms with van der Waals surface area (Å²) in [5.74, 6) is 2.15. The van der Waals surface area contributed by atoms with E-state index in [1.54, 1.807) is 27.1 Å². The second-order valence-corrected chi connectivity index (χ2v) is 10.7. The van der Waals surface area contributed by atoms with Crippen LogP contribution in [0.3, 0.4) is 0 Å². The molecule has 3 rings (SSSR count). The molecule has 168 valence electrons. The summed E-state index contributed by atoms with van der Waals surface area (Å²) in [5, 5.41) is 3.29. The van der Waals surface area contributed by atoms with Crippen molar-refractivity contribution in [2.45, 2.75) is 25.1 Å². The number of para-hydroxylation sites is 1. The number of nitrogens with zero attached hydrogens (tertiary/aromatic N) is 3. The lowest BCUT2D eigenvalue weighted by atomic mass is 10.2. The molecule has 1 aliphatic rings. The van der Waals surface area contributed by atoms with E-state index in [0.717, 1.165) is 11.3 Å². The summed E-state index contributed by atoms with van der Waals surface area (Å²) in [6.45, 7) is 5.73. The minimum Gasteiger partial charge on any atom is -0.490 e. The van der Waals surface area contributed by atoms with E-state index in [1.165, 1.54) is 0 Å². The monoisotopic (exact) mass is 446 g/mol. The van der Waals surface area contributed by atoms with E-state index < -0.39 is 14.6 Å². The number of hydrogen-bond acceptors (Lipinski definition) is 6. The number of nitrogens with one attached hydrogen (secondary N) is 1. The molecule has 9 heteroatoms. The predicted molar refractivity (Wildman–Crippen MR) is 121 cm³/mol. The van der Waals surface area contributed by atoms with Gasteiger partial charge in [0.25, 0.3) is 0 Å². The van der Waals surface area contributed by atoms with Crippen molar-refractivity contribution in [1.29, 1.82) is 0 Å². The molecule has 1 fully saturated rings. The Morgan fingerprint density at radius 3 is 2.55 bits per heavy atom. The van der Waals surface area contributed by atoms with Crippen molar-refractivity contribution in [3.8, 4) is 11.6 Å². The molecule has 0 amide bonds. The van der Waals surface area contributed by atoms with Crippen molar-refractivity contribution in [2.75, 3.05) is 39.1 Å². The maximum Gasteiger partial charge on any atom is 0.213 e. The minimum absolute atomic E-state index is 0.127. The third-order valence-corrected chi connectivity index (χ3v) is 7.68. The van der Waals surface area contributed by atoms with Crippen LogP contribution in [0.2, 0.25) is 0 Å². The van der Waals surface area contributed by atoms with Crippen LogP contribution in [-0.2, 0) is 16.4 Å². The number of guanidine groups is 1. The molecule has 2 aromatic rings. The van der Waals surface area contributed by atoms with Gasteiger partial charge in [-0.3, -0.25) is 4.99 Å². The van der Waals surface area contributed by atoms with Gasteiger partial charge in [-0.15, -0.1) is 0 Å². The molecule has 0 spiro atoms. The molecule has 0 atom stereocenters. The number of pyridine rings is 1. The first-order valence-corrected chi connectivity index (χ1v) is 11.9. The van der Waals surface area contributed by atoms with E-state index in [1.807, 2.05) is 47.4 Å². The Hall–Kier alpha value is -2.81. The van der Waals surface area contributed by atoms with Crippen LogP contribution in [0.15, 0.2) is 53.7 Å². The Morgan fingerprint density at radius 2 is 1.90 bits per heavy atom. The van der Waals surface area contributed by atoms with E-state index >= 15 is 0 Å². The van der Waals surface area contributed by atoms with Crippen molar-refractivity contribution in [2.24, 2.45) is 4.99 Å². The molecule has 0 aliphatic carbocycles. The lowest BCUT2D eigenvalue weighted by Gasteiger charge is -2.39. The number of ether oxygens (including phenoxy) is 2. The van der Waals surface area contributed by atoms with E-state index in [2.05, 4.69) is 15.3 Å². The number of hydrogen-bond donors (Lipinski definition) is 1. The van der Waals surface area contributed by atoms with Gasteiger partial charge in [0.1, 0.15) is 19.0 Å². The molecule has 0 radical (unpaired) electrons. The summed E-state index contributed by atoms with van der Waals surface area (Å²) in [6.07, 6.45) is 1.75. The highest BCUT2D eigenvalue weighted by Gasteiger charge is 2.40. The molecule has 31 heavy (non-hydrogen) atoms. The molecule has 2 heterocycles. The van der Waals surface area contributed by atoms with Gasteiger partial charge in [-0.25, -0.2) is 13.4 Å². The van der Waals surface area contributed by atoms with E-state index in [9.17, 15) is 8.42 Å². The zero-order valence-electron chi connectivity index (χ0n) is 18.2. The first-order chi connectivity index (χ1) is 14.8. The van der Waals surface area contributed by atoms with Gasteiger partial charge in [0.15, 0.2) is 15.8 Å². The Balaban J connectivity index is 1.45. The standard InChI is InChI=1S/C22H30N4O4S/c1-22(2)17-26(11-14-31(22,27)28)21(23-3)25-16-18-9-10-20(24-15-18)30-13-12-29-19-7-5-4-6-8-19/h4-10,15H,11-14,16-17H2,1-3H3,(H,23,25). The quantitative estimate of drug-likeness (QED) is 0.396. The molecular weight excluding hydrogens is 416 g/mol. The van der Waals surface area contributed by atoms with Crippen LogP contribution in [0.25, 0.3) is 0 Å². The molecule has 8 nitrogen and oxygen atoms in total. The molecule has 1 aromatic carbocycles. The largest absolute Gasteiger partial charge is 0.490 e. The molecule has 1 aromatic heterocycles. The van der Waals surface area contributed by atoms with Gasteiger partial charge in [-0.2, -0.15) is 0 Å². The van der Waals surface area contributed by atoms with Crippen LogP contribution in [0.5, 0.6) is 11.6 Å². The topological polar surface area (TPSA) is 93.1 Å². The van der Waals surface area contributed by atoms with Gasteiger partial charge in [-0.1, -0.05) is 24.3 Å². The normalized spacial score (nSPS) is 17.8. The molecule has 0 bridgehead atoms. The summed E-state index contributed by atoms with van der Waals surface area (Å²) in [5.41, 5.74) is 0.970. The van der Waals surface area contributed by atoms with Gasteiger partial charge in [0.05, 0.1) is 10.5 Å². The van der Waals surface area contributed by atoms with Gasteiger partial charge >= 0.3 is 0 Å². The van der Waals surface area contributed by atoms with Crippen LogP contribution >= 0.6 is 0 Å². The van der Waals surface area contributed by atoms with Crippen molar-refractivity contribution in [3.63, 3.8) is 0 Å². The van der Waals surface area contributed by atoms with E-state index in [-0.39, 0.29) is 5.75 Å². The molecule has 1 aliphatic heterocycles. The third-order valence-electron chi connectivity index (χ3n) is 5.15. The second-order valence-electron chi connectivity index (χ2n) is 7.92. The predicted octanol–water partition coefficient (Wildman–Crippen LogP) is 2.12. The van der Waals surface area contributed by atoms with E-state index in [0.29, 0.717) is 44.7 Å². The second kappa shape index (κ2) is 10.00. The molecular formula is C22H30N4O4S. The van der Waals surface area contributed by atoms with Crippen LogP contribution in [0.1, 0.15) is 19.4 Å². The Bertz CT molecular complexity index is 976. The lowest BCUT2D eigenvalue weighted by molar-refractivity contribution is 0.212. The average molecular weight is 447 g/mol. The fourth-order valence-electron chi connectivity index (χ4n) is 3.26. The Morgan fingerprint density at radius 1 is 1.16 bits per heavy atom. The van der Waals surface area contributed by atoms with E-state index in [4.69, 9.17) is 9.47 Å². The summed E-state index contributed by atoms with van der Waals surface area (Å²) in [6, 6.07) is 13.3. The van der Waals surface area contributed by atoms with Crippen LogP contribution < -0.4 is 14.8 Å². The lowest BCUT2D eigenvalue weighted by Crippen LogP contribution is -2.57. The molecule has 0 unspecified atom stereocenters. The Labute approximate surface area is 184 Å². The number of aliphatic imine (C=N–C) groups is 1. The molecule has 1 saturated heterocycles. The third kappa shape index (κ3) is 6.10. The fourth-order valence-corrected chi connectivity index (χ4v) is 4.63. The number of benzene rings is 1. The minimum atomic E-state index is -3.09. The number of rotatable bonds is 7. The van der Waals surface area contributed by atoms with Crippen molar-refractivity contribution >= 4 is 15.8 Å². The highest BCUT2D eigenvalue weighted by Crippen LogP contribution is 2.23. The first kappa shape index (κ1) is 22.9. The SMILES string of the molecule is CN=C(NCc1ccc(OCCOc2ccccc2)nc1)N1CCS(=O)(=O)C(C)(C)C1. The molecule has 0 saturated carbocycles. The fraction of sp³-hybridized carbons (Fsp3) is 0.455.